The molecule has 3 nitrogen and oxygen atoms in total. The van der Waals surface area contributed by atoms with Crippen LogP contribution in [0.2, 0.25) is 0 Å². The van der Waals surface area contributed by atoms with Gasteiger partial charge >= 0.3 is 0 Å². The molecular formula is C11H18N2O. The van der Waals surface area contributed by atoms with Gasteiger partial charge in [-0.05, 0) is 24.8 Å². The molecule has 78 valence electrons. The third-order valence-electron chi connectivity index (χ3n) is 2.35. The van der Waals surface area contributed by atoms with Gasteiger partial charge in [0.25, 0.3) is 0 Å². The maximum absolute atomic E-state index is 9.89. The average molecular weight is 194 g/mol. The van der Waals surface area contributed by atoms with Crippen molar-refractivity contribution in [2.45, 2.75) is 39.7 Å². The van der Waals surface area contributed by atoms with Crippen LogP contribution in [0.25, 0.3) is 0 Å². The van der Waals surface area contributed by atoms with Crippen molar-refractivity contribution in [2.75, 3.05) is 0 Å². The van der Waals surface area contributed by atoms with Crippen LogP contribution >= 0.6 is 0 Å². The van der Waals surface area contributed by atoms with Crippen molar-refractivity contribution < 1.29 is 5.11 Å². The molecule has 1 aromatic rings. The summed E-state index contributed by atoms with van der Waals surface area (Å²) in [7, 11) is 0. The van der Waals surface area contributed by atoms with Crippen molar-refractivity contribution in [1.82, 2.24) is 9.97 Å². The highest BCUT2D eigenvalue weighted by atomic mass is 16.3. The van der Waals surface area contributed by atoms with E-state index in [-0.39, 0.29) is 5.92 Å². The maximum Gasteiger partial charge on any atom is 0.157 e. The summed E-state index contributed by atoms with van der Waals surface area (Å²) in [5, 5.41) is 9.89. The molecule has 1 aromatic heterocycles. The van der Waals surface area contributed by atoms with E-state index >= 15 is 0 Å². The van der Waals surface area contributed by atoms with E-state index in [1.54, 1.807) is 12.4 Å². The van der Waals surface area contributed by atoms with Crippen LogP contribution in [0, 0.1) is 12.8 Å². The maximum atomic E-state index is 9.89. The van der Waals surface area contributed by atoms with E-state index in [4.69, 9.17) is 0 Å². The summed E-state index contributed by atoms with van der Waals surface area (Å²) in [6.07, 6.45) is 5.02. The fourth-order valence-electron chi connectivity index (χ4n) is 1.42. The highest BCUT2D eigenvalue weighted by Crippen LogP contribution is 2.22. The highest BCUT2D eigenvalue weighted by Gasteiger charge is 2.17. The number of rotatable bonds is 4. The summed E-state index contributed by atoms with van der Waals surface area (Å²) in [5.74, 6) is 0.763. The molecule has 0 bridgehead atoms. The molecule has 1 heterocycles. The summed E-state index contributed by atoms with van der Waals surface area (Å²) in [4.78, 5) is 8.24. The zero-order chi connectivity index (χ0) is 10.6. The Morgan fingerprint density at radius 3 is 2.43 bits per heavy atom. The Balaban J connectivity index is 2.68. The number of aliphatic hydroxyl groups excluding tert-OH is 1. The molecular weight excluding hydrogens is 176 g/mol. The Hall–Kier alpha value is -0.960. The van der Waals surface area contributed by atoms with E-state index in [0.29, 0.717) is 5.82 Å². The van der Waals surface area contributed by atoms with E-state index in [1.807, 2.05) is 13.8 Å². The predicted octanol–water partition coefficient (Wildman–Crippen LogP) is 2.25. The lowest BCUT2D eigenvalue weighted by molar-refractivity contribution is 0.103. The minimum atomic E-state index is -0.532. The van der Waals surface area contributed by atoms with E-state index in [0.717, 1.165) is 18.4 Å². The third kappa shape index (κ3) is 2.77. The molecule has 0 fully saturated rings. The summed E-state index contributed by atoms with van der Waals surface area (Å²) in [6, 6.07) is 0. The molecule has 0 radical (unpaired) electrons. The Kier molecular flexibility index (Phi) is 4.01. The zero-order valence-electron chi connectivity index (χ0n) is 9.07. The molecule has 0 saturated heterocycles. The SMILES string of the molecule is CCCC(C)C(O)c1ncc(C)cn1. The Bertz CT molecular complexity index is 271. The first kappa shape index (κ1) is 11.1. The molecule has 0 saturated carbocycles. The van der Waals surface area contributed by atoms with Gasteiger partial charge in [0.15, 0.2) is 5.82 Å². The van der Waals surface area contributed by atoms with Crippen molar-refractivity contribution in [2.24, 2.45) is 5.92 Å². The van der Waals surface area contributed by atoms with E-state index in [2.05, 4.69) is 16.9 Å². The Labute approximate surface area is 85.2 Å². The first-order valence-corrected chi connectivity index (χ1v) is 5.11. The normalized spacial score (nSPS) is 15.1. The van der Waals surface area contributed by atoms with Crippen LogP contribution in [0.5, 0.6) is 0 Å². The van der Waals surface area contributed by atoms with E-state index in [9.17, 15) is 5.11 Å². The van der Waals surface area contributed by atoms with Crippen LogP contribution in [-0.4, -0.2) is 15.1 Å². The van der Waals surface area contributed by atoms with Gasteiger partial charge in [0.2, 0.25) is 0 Å². The summed E-state index contributed by atoms with van der Waals surface area (Å²) in [5.41, 5.74) is 1.02. The topological polar surface area (TPSA) is 46.0 Å². The van der Waals surface area contributed by atoms with Crippen molar-refractivity contribution in [3.05, 3.63) is 23.8 Å². The van der Waals surface area contributed by atoms with Gasteiger partial charge in [0.05, 0.1) is 0 Å². The smallest absolute Gasteiger partial charge is 0.157 e. The minimum Gasteiger partial charge on any atom is -0.385 e. The molecule has 0 aliphatic rings. The molecule has 14 heavy (non-hydrogen) atoms. The van der Waals surface area contributed by atoms with Crippen molar-refractivity contribution in [3.63, 3.8) is 0 Å². The second-order valence-electron chi connectivity index (χ2n) is 3.83. The quantitative estimate of drug-likeness (QED) is 0.799. The first-order valence-electron chi connectivity index (χ1n) is 5.11. The van der Waals surface area contributed by atoms with Gasteiger partial charge in [-0.15, -0.1) is 0 Å². The van der Waals surface area contributed by atoms with Gasteiger partial charge in [0, 0.05) is 12.4 Å². The molecule has 0 aliphatic carbocycles. The summed E-state index contributed by atoms with van der Waals surface area (Å²) >= 11 is 0. The summed E-state index contributed by atoms with van der Waals surface area (Å²) < 4.78 is 0. The van der Waals surface area contributed by atoms with E-state index < -0.39 is 6.10 Å². The first-order chi connectivity index (χ1) is 6.65. The standard InChI is InChI=1S/C11H18N2O/c1-4-5-9(3)10(14)11-12-6-8(2)7-13-11/h6-7,9-10,14H,4-5H2,1-3H3. The monoisotopic (exact) mass is 194 g/mol. The molecule has 0 aliphatic heterocycles. The fraction of sp³-hybridized carbons (Fsp3) is 0.636. The van der Waals surface area contributed by atoms with Crippen LogP contribution in [0.4, 0.5) is 0 Å². The van der Waals surface area contributed by atoms with Crippen LogP contribution in [0.3, 0.4) is 0 Å². The van der Waals surface area contributed by atoms with Gasteiger partial charge in [-0.2, -0.15) is 0 Å². The molecule has 0 amide bonds. The second kappa shape index (κ2) is 5.05. The lowest BCUT2D eigenvalue weighted by Gasteiger charge is -2.16. The van der Waals surface area contributed by atoms with Gasteiger partial charge in [-0.3, -0.25) is 0 Å². The van der Waals surface area contributed by atoms with Crippen LogP contribution in [-0.2, 0) is 0 Å². The van der Waals surface area contributed by atoms with Crippen molar-refractivity contribution in [1.29, 1.82) is 0 Å². The predicted molar refractivity (Wildman–Crippen MR) is 55.8 cm³/mol. The number of aromatic nitrogens is 2. The largest absolute Gasteiger partial charge is 0.385 e. The number of hydrogen-bond donors (Lipinski definition) is 1. The van der Waals surface area contributed by atoms with Gasteiger partial charge in [-0.25, -0.2) is 9.97 Å². The lowest BCUT2D eigenvalue weighted by Crippen LogP contribution is -2.12. The second-order valence-corrected chi connectivity index (χ2v) is 3.83. The Morgan fingerprint density at radius 2 is 1.93 bits per heavy atom. The van der Waals surface area contributed by atoms with Crippen LogP contribution < -0.4 is 0 Å². The summed E-state index contributed by atoms with van der Waals surface area (Å²) in [6.45, 7) is 6.07. The van der Waals surface area contributed by atoms with Crippen LogP contribution in [0.15, 0.2) is 12.4 Å². The minimum absolute atomic E-state index is 0.225. The average Bonchev–Trinajstić information content (AvgIpc) is 2.18. The molecule has 1 rings (SSSR count). The third-order valence-corrected chi connectivity index (χ3v) is 2.35. The van der Waals surface area contributed by atoms with Gasteiger partial charge < -0.3 is 5.11 Å². The molecule has 1 N–H and O–H groups in total. The molecule has 3 heteroatoms. The number of hydrogen-bond acceptors (Lipinski definition) is 3. The number of nitrogens with zero attached hydrogens (tertiary/aromatic N) is 2. The molecule has 2 atom stereocenters. The molecule has 2 unspecified atom stereocenters. The molecule has 0 aromatic carbocycles. The molecule has 0 spiro atoms. The lowest BCUT2D eigenvalue weighted by atomic mass is 9.99. The number of aryl methyl sites for hydroxylation is 1. The Morgan fingerprint density at radius 1 is 1.36 bits per heavy atom. The highest BCUT2D eigenvalue weighted by molar-refractivity contribution is 5.03. The fourth-order valence-corrected chi connectivity index (χ4v) is 1.42. The van der Waals surface area contributed by atoms with Gasteiger partial charge in [0.1, 0.15) is 6.10 Å². The van der Waals surface area contributed by atoms with Crippen molar-refractivity contribution >= 4 is 0 Å². The number of aliphatic hydroxyl groups is 1. The van der Waals surface area contributed by atoms with Crippen molar-refractivity contribution in [3.8, 4) is 0 Å². The van der Waals surface area contributed by atoms with Crippen LogP contribution in [0.1, 0.15) is 44.2 Å². The van der Waals surface area contributed by atoms with E-state index in [1.165, 1.54) is 0 Å². The zero-order valence-corrected chi connectivity index (χ0v) is 9.07. The van der Waals surface area contributed by atoms with Gasteiger partial charge in [-0.1, -0.05) is 20.3 Å².